The lowest BCUT2D eigenvalue weighted by Gasteiger charge is -2.41. The maximum Gasteiger partial charge on any atom is 0.407 e. The van der Waals surface area contributed by atoms with Gasteiger partial charge < -0.3 is 15.0 Å². The molecule has 1 aromatic rings. The van der Waals surface area contributed by atoms with Crippen LogP contribution in [0.2, 0.25) is 0 Å². The third-order valence-corrected chi connectivity index (χ3v) is 7.85. The van der Waals surface area contributed by atoms with E-state index in [-0.39, 0.29) is 18.1 Å². The predicted molar refractivity (Wildman–Crippen MR) is 141 cm³/mol. The van der Waals surface area contributed by atoms with Crippen molar-refractivity contribution in [1.82, 2.24) is 10.2 Å². The maximum absolute atomic E-state index is 13.8. The van der Waals surface area contributed by atoms with Crippen molar-refractivity contribution in [2.75, 3.05) is 13.1 Å². The molecule has 0 saturated heterocycles. The average molecular weight is 481 g/mol. The van der Waals surface area contributed by atoms with E-state index in [1.165, 1.54) is 27.8 Å². The van der Waals surface area contributed by atoms with Crippen LogP contribution in [0.3, 0.4) is 0 Å². The number of amides is 2. The summed E-state index contributed by atoms with van der Waals surface area (Å²) >= 11 is 0. The van der Waals surface area contributed by atoms with Crippen molar-refractivity contribution in [2.24, 2.45) is 17.8 Å². The first kappa shape index (κ1) is 25.8. The van der Waals surface area contributed by atoms with Crippen molar-refractivity contribution >= 4 is 17.6 Å². The van der Waals surface area contributed by atoms with Gasteiger partial charge in [-0.15, -0.1) is 0 Å². The molecule has 5 nitrogen and oxygen atoms in total. The van der Waals surface area contributed by atoms with E-state index in [0.29, 0.717) is 24.3 Å². The van der Waals surface area contributed by atoms with Gasteiger partial charge in [0.2, 0.25) is 5.91 Å². The summed E-state index contributed by atoms with van der Waals surface area (Å²) in [7, 11) is 0. The van der Waals surface area contributed by atoms with Crippen LogP contribution < -0.4 is 5.32 Å². The minimum Gasteiger partial charge on any atom is -0.444 e. The maximum atomic E-state index is 13.8. The summed E-state index contributed by atoms with van der Waals surface area (Å²) in [5.41, 5.74) is 6.70. The fraction of sp³-hybridized carbons (Fsp3) is 0.667. The third kappa shape index (κ3) is 6.10. The van der Waals surface area contributed by atoms with Gasteiger partial charge in [0.15, 0.2) is 0 Å². The Morgan fingerprint density at radius 3 is 2.51 bits per heavy atom. The Morgan fingerprint density at radius 2 is 1.86 bits per heavy atom. The molecule has 1 fully saturated rings. The van der Waals surface area contributed by atoms with Gasteiger partial charge >= 0.3 is 6.09 Å². The predicted octanol–water partition coefficient (Wildman–Crippen LogP) is 6.28. The van der Waals surface area contributed by atoms with Crippen LogP contribution in [-0.2, 0) is 16.0 Å². The molecule has 2 aliphatic carbocycles. The van der Waals surface area contributed by atoms with Gasteiger partial charge in [0.05, 0.1) is 6.04 Å². The van der Waals surface area contributed by atoms with Gasteiger partial charge in [-0.3, -0.25) is 4.79 Å². The van der Waals surface area contributed by atoms with E-state index in [0.717, 1.165) is 51.5 Å². The van der Waals surface area contributed by atoms with Crippen molar-refractivity contribution in [3.05, 3.63) is 40.5 Å². The molecule has 1 unspecified atom stereocenters. The van der Waals surface area contributed by atoms with Gasteiger partial charge in [-0.05, 0) is 107 Å². The second-order valence-corrected chi connectivity index (χ2v) is 12.4. The largest absolute Gasteiger partial charge is 0.444 e. The molecule has 5 heteroatoms. The lowest BCUT2D eigenvalue weighted by Crippen LogP contribution is -2.48. The number of nitrogens with zero attached hydrogens (tertiary/aromatic N) is 1. The van der Waals surface area contributed by atoms with Crippen LogP contribution in [0.25, 0.3) is 5.57 Å². The summed E-state index contributed by atoms with van der Waals surface area (Å²) in [6.07, 6.45) is 6.44. The highest BCUT2D eigenvalue weighted by Gasteiger charge is 2.39. The van der Waals surface area contributed by atoms with Gasteiger partial charge in [-0.2, -0.15) is 0 Å². The monoisotopic (exact) mass is 480 g/mol. The summed E-state index contributed by atoms with van der Waals surface area (Å²) in [6.45, 7) is 13.8. The standard InChI is InChI=1S/C30H44N2O3/c1-19(2)15-27-26-17-23-10-7-20(3)16-25(23)24(26)13-14-32(27)28(33)22-11-8-21(9-12-22)18-31-29(34)35-30(4,5)6/h7,10,16,19,21-22,27H,8-9,11-15,17-18H2,1-6H3,(H,31,34). The molecule has 35 heavy (non-hydrogen) atoms. The number of alkyl carbamates (subject to hydrolysis) is 1. The molecular weight excluding hydrogens is 436 g/mol. The SMILES string of the molecule is Cc1ccc2c(c1)C1=C(C2)C(CC(C)C)N(C(=O)C2CCC(CNC(=O)OC(C)(C)C)CC2)CC1. The van der Waals surface area contributed by atoms with E-state index in [2.05, 4.69) is 49.2 Å². The van der Waals surface area contributed by atoms with Crippen molar-refractivity contribution in [3.63, 3.8) is 0 Å². The third-order valence-electron chi connectivity index (χ3n) is 7.85. The molecule has 3 aliphatic rings. The second-order valence-electron chi connectivity index (χ2n) is 12.4. The number of rotatable bonds is 5. The van der Waals surface area contributed by atoms with Crippen LogP contribution in [0.4, 0.5) is 4.79 Å². The smallest absolute Gasteiger partial charge is 0.407 e. The molecule has 1 aromatic carbocycles. The normalized spacial score (nSPS) is 24.3. The number of ether oxygens (including phenoxy) is 1. The van der Waals surface area contributed by atoms with E-state index < -0.39 is 5.60 Å². The Kier molecular flexibility index (Phi) is 7.63. The molecule has 192 valence electrons. The molecule has 1 saturated carbocycles. The first-order chi connectivity index (χ1) is 16.5. The molecule has 0 radical (unpaired) electrons. The number of hydrogen-bond donors (Lipinski definition) is 1. The van der Waals surface area contributed by atoms with Gasteiger partial charge in [0.1, 0.15) is 5.60 Å². The molecule has 0 aromatic heterocycles. The zero-order valence-corrected chi connectivity index (χ0v) is 22.6. The van der Waals surface area contributed by atoms with Gasteiger partial charge in [0.25, 0.3) is 0 Å². The minimum atomic E-state index is -0.482. The summed E-state index contributed by atoms with van der Waals surface area (Å²) in [4.78, 5) is 28.0. The topological polar surface area (TPSA) is 58.6 Å². The number of aryl methyl sites for hydroxylation is 1. The minimum absolute atomic E-state index is 0.107. The number of hydrogen-bond acceptors (Lipinski definition) is 3. The number of carbonyl (C=O) groups excluding carboxylic acids is 2. The molecule has 0 bridgehead atoms. The van der Waals surface area contributed by atoms with Crippen molar-refractivity contribution in [3.8, 4) is 0 Å². The Morgan fingerprint density at radius 1 is 1.14 bits per heavy atom. The Balaban J connectivity index is 1.38. The zero-order valence-electron chi connectivity index (χ0n) is 22.6. The lowest BCUT2D eigenvalue weighted by molar-refractivity contribution is -0.139. The fourth-order valence-electron chi connectivity index (χ4n) is 6.17. The van der Waals surface area contributed by atoms with Crippen LogP contribution in [0, 0.1) is 24.7 Å². The van der Waals surface area contributed by atoms with Gasteiger partial charge in [-0.25, -0.2) is 4.79 Å². The first-order valence-corrected chi connectivity index (χ1v) is 13.6. The molecular formula is C30H44N2O3. The van der Waals surface area contributed by atoms with Crippen LogP contribution >= 0.6 is 0 Å². The Labute approximate surface area is 211 Å². The molecule has 1 atom stereocenters. The summed E-state index contributed by atoms with van der Waals surface area (Å²) in [5, 5.41) is 2.92. The number of benzene rings is 1. The molecule has 1 N–H and O–H groups in total. The number of nitrogens with one attached hydrogen (secondary N) is 1. The Bertz CT molecular complexity index is 980. The quantitative estimate of drug-likeness (QED) is 0.539. The van der Waals surface area contributed by atoms with Crippen LogP contribution in [-0.4, -0.2) is 41.6 Å². The summed E-state index contributed by atoms with van der Waals surface area (Å²) < 4.78 is 5.36. The first-order valence-electron chi connectivity index (χ1n) is 13.6. The van der Waals surface area contributed by atoms with Crippen LogP contribution in [0.5, 0.6) is 0 Å². The number of carbonyl (C=O) groups is 2. The van der Waals surface area contributed by atoms with E-state index in [1.54, 1.807) is 0 Å². The van der Waals surface area contributed by atoms with Gasteiger partial charge in [0, 0.05) is 19.0 Å². The van der Waals surface area contributed by atoms with Crippen molar-refractivity contribution in [1.29, 1.82) is 0 Å². The van der Waals surface area contributed by atoms with E-state index >= 15 is 0 Å². The van der Waals surface area contributed by atoms with Crippen molar-refractivity contribution < 1.29 is 14.3 Å². The molecule has 2 amide bonds. The van der Waals surface area contributed by atoms with Crippen LogP contribution in [0.15, 0.2) is 23.8 Å². The summed E-state index contributed by atoms with van der Waals surface area (Å²) in [6, 6.07) is 7.07. The van der Waals surface area contributed by atoms with E-state index in [4.69, 9.17) is 4.74 Å². The zero-order chi connectivity index (χ0) is 25.3. The van der Waals surface area contributed by atoms with Crippen molar-refractivity contribution in [2.45, 2.75) is 98.1 Å². The van der Waals surface area contributed by atoms with E-state index in [9.17, 15) is 9.59 Å². The summed E-state index contributed by atoms with van der Waals surface area (Å²) in [5.74, 6) is 1.42. The highest BCUT2D eigenvalue weighted by molar-refractivity contribution is 5.84. The second kappa shape index (κ2) is 10.4. The highest BCUT2D eigenvalue weighted by Crippen LogP contribution is 2.44. The Hall–Kier alpha value is -2.30. The average Bonchev–Trinajstić information content (AvgIpc) is 3.15. The molecule has 4 rings (SSSR count). The fourth-order valence-corrected chi connectivity index (χ4v) is 6.17. The molecule has 1 heterocycles. The lowest BCUT2D eigenvalue weighted by atomic mass is 9.80. The molecule has 1 aliphatic heterocycles. The number of fused-ring (bicyclic) bond motifs is 2. The van der Waals surface area contributed by atoms with E-state index in [1.807, 2.05) is 20.8 Å². The van der Waals surface area contributed by atoms with Gasteiger partial charge in [-0.1, -0.05) is 37.6 Å². The highest BCUT2D eigenvalue weighted by atomic mass is 16.6. The van der Waals surface area contributed by atoms with Crippen LogP contribution in [0.1, 0.15) is 89.8 Å². The molecule has 0 spiro atoms.